The Morgan fingerprint density at radius 2 is 2.22 bits per heavy atom. The average molecular weight is 251 g/mol. The first-order valence-corrected chi connectivity index (χ1v) is 5.98. The summed E-state index contributed by atoms with van der Waals surface area (Å²) in [6.45, 7) is 4.09. The van der Waals surface area contributed by atoms with Crippen molar-refractivity contribution in [1.29, 1.82) is 0 Å². The van der Waals surface area contributed by atoms with Gasteiger partial charge in [-0.3, -0.25) is 4.79 Å². The van der Waals surface area contributed by atoms with Crippen molar-refractivity contribution in [3.05, 3.63) is 16.6 Å². The lowest BCUT2D eigenvalue weighted by Crippen LogP contribution is -2.32. The predicted octanol–water partition coefficient (Wildman–Crippen LogP) is -0.0680. The molecule has 0 fully saturated rings. The molecule has 98 valence electrons. The molecule has 2 unspecified atom stereocenters. The molecule has 1 N–H and O–H groups in total. The predicted molar refractivity (Wildman–Crippen MR) is 66.0 cm³/mol. The van der Waals surface area contributed by atoms with Crippen LogP contribution < -0.4 is 5.56 Å². The smallest absolute Gasteiger partial charge is 0.280 e. The summed E-state index contributed by atoms with van der Waals surface area (Å²) in [5.41, 5.74) is 0.185. The molecule has 0 bridgehead atoms. The minimum Gasteiger partial charge on any atom is -0.391 e. The van der Waals surface area contributed by atoms with Crippen molar-refractivity contribution in [1.82, 2.24) is 24.8 Å². The molecule has 0 saturated heterocycles. The van der Waals surface area contributed by atoms with Gasteiger partial charge in [0.25, 0.3) is 5.56 Å². The summed E-state index contributed by atoms with van der Waals surface area (Å²) in [5.74, 6) is 0.114. The maximum absolute atomic E-state index is 12.1. The van der Waals surface area contributed by atoms with Crippen molar-refractivity contribution in [2.75, 3.05) is 0 Å². The van der Waals surface area contributed by atoms with Gasteiger partial charge in [-0.25, -0.2) is 9.36 Å². The largest absolute Gasteiger partial charge is 0.391 e. The van der Waals surface area contributed by atoms with E-state index in [1.807, 2.05) is 13.8 Å². The zero-order valence-corrected chi connectivity index (χ0v) is 10.7. The van der Waals surface area contributed by atoms with Gasteiger partial charge in [-0.2, -0.15) is 5.10 Å². The van der Waals surface area contributed by atoms with Crippen LogP contribution in [0.1, 0.15) is 20.3 Å². The molecule has 0 saturated carbocycles. The van der Waals surface area contributed by atoms with E-state index in [9.17, 15) is 9.90 Å². The number of rotatable bonds is 4. The second kappa shape index (κ2) is 4.85. The van der Waals surface area contributed by atoms with Crippen molar-refractivity contribution >= 4 is 11.0 Å². The van der Waals surface area contributed by atoms with Gasteiger partial charge in [0.2, 0.25) is 0 Å². The summed E-state index contributed by atoms with van der Waals surface area (Å²) in [7, 11) is 1.70. The Hall–Kier alpha value is -1.76. The summed E-state index contributed by atoms with van der Waals surface area (Å²) in [6.07, 6.45) is 1.72. The van der Waals surface area contributed by atoms with E-state index in [1.54, 1.807) is 7.05 Å². The second-order valence-corrected chi connectivity index (χ2v) is 4.54. The fourth-order valence-electron chi connectivity index (χ4n) is 1.73. The second-order valence-electron chi connectivity index (χ2n) is 4.54. The Morgan fingerprint density at radius 3 is 2.89 bits per heavy atom. The van der Waals surface area contributed by atoms with Crippen LogP contribution in [0.3, 0.4) is 0 Å². The van der Waals surface area contributed by atoms with E-state index in [-0.39, 0.29) is 18.0 Å². The summed E-state index contributed by atoms with van der Waals surface area (Å²) in [5, 5.41) is 22.1. The highest BCUT2D eigenvalue weighted by molar-refractivity contribution is 5.72. The molecule has 7 nitrogen and oxygen atoms in total. The third-order valence-electron chi connectivity index (χ3n) is 3.28. The number of fused-ring (bicyclic) bond motifs is 1. The van der Waals surface area contributed by atoms with Gasteiger partial charge < -0.3 is 5.11 Å². The Labute approximate surface area is 104 Å². The quantitative estimate of drug-likeness (QED) is 0.822. The molecule has 0 aliphatic rings. The van der Waals surface area contributed by atoms with Crippen molar-refractivity contribution in [3.8, 4) is 0 Å². The lowest BCUT2D eigenvalue weighted by atomic mass is 10.0. The molecule has 0 aromatic carbocycles. The molecule has 0 amide bonds. The third kappa shape index (κ3) is 2.13. The number of hydrogen-bond acceptors (Lipinski definition) is 5. The summed E-state index contributed by atoms with van der Waals surface area (Å²) in [4.78, 5) is 12.1. The summed E-state index contributed by atoms with van der Waals surface area (Å²) < 4.78 is 2.69. The van der Waals surface area contributed by atoms with Crippen LogP contribution in [0.15, 0.2) is 11.0 Å². The van der Waals surface area contributed by atoms with Crippen LogP contribution in [-0.2, 0) is 13.6 Å². The maximum atomic E-state index is 12.1. The minimum atomic E-state index is -0.601. The van der Waals surface area contributed by atoms with Crippen molar-refractivity contribution < 1.29 is 5.11 Å². The molecule has 0 radical (unpaired) electrons. The average Bonchev–Trinajstić information content (AvgIpc) is 2.74. The Kier molecular flexibility index (Phi) is 3.42. The molecule has 2 atom stereocenters. The maximum Gasteiger partial charge on any atom is 0.280 e. The SMILES string of the molecule is CCC(C)C(O)Cn1nnc2c(cnn2C)c1=O. The van der Waals surface area contributed by atoms with Crippen LogP contribution in [0.4, 0.5) is 0 Å². The van der Waals surface area contributed by atoms with Crippen LogP contribution in [0.2, 0.25) is 0 Å². The van der Waals surface area contributed by atoms with Gasteiger partial charge in [0.05, 0.1) is 18.8 Å². The molecule has 2 aromatic rings. The van der Waals surface area contributed by atoms with E-state index in [4.69, 9.17) is 0 Å². The minimum absolute atomic E-state index is 0.114. The molecule has 7 heteroatoms. The van der Waals surface area contributed by atoms with Gasteiger partial charge in [-0.05, 0) is 5.92 Å². The number of aryl methyl sites for hydroxylation is 1. The molecule has 18 heavy (non-hydrogen) atoms. The topological polar surface area (TPSA) is 85.8 Å². The van der Waals surface area contributed by atoms with E-state index >= 15 is 0 Å². The summed E-state index contributed by atoms with van der Waals surface area (Å²) >= 11 is 0. The first kappa shape index (κ1) is 12.7. The van der Waals surface area contributed by atoms with E-state index in [2.05, 4.69) is 15.4 Å². The van der Waals surface area contributed by atoms with E-state index < -0.39 is 6.10 Å². The summed E-state index contributed by atoms with van der Waals surface area (Å²) in [6, 6.07) is 0. The van der Waals surface area contributed by atoms with Crippen LogP contribution in [0, 0.1) is 5.92 Å². The van der Waals surface area contributed by atoms with Gasteiger partial charge in [-0.15, -0.1) is 5.10 Å². The van der Waals surface area contributed by atoms with Crippen molar-refractivity contribution in [2.24, 2.45) is 13.0 Å². The molecule has 2 rings (SSSR count). The molecular formula is C11H17N5O2. The molecule has 0 spiro atoms. The monoisotopic (exact) mass is 251 g/mol. The standard InChI is InChI=1S/C11H17N5O2/c1-4-7(2)9(17)6-16-11(18)8-5-12-15(3)10(8)13-14-16/h5,7,9,17H,4,6H2,1-3H3. The van der Waals surface area contributed by atoms with E-state index in [0.29, 0.717) is 11.0 Å². The lowest BCUT2D eigenvalue weighted by molar-refractivity contribution is 0.0905. The Morgan fingerprint density at radius 1 is 1.50 bits per heavy atom. The van der Waals surface area contributed by atoms with Gasteiger partial charge in [0.15, 0.2) is 5.65 Å². The van der Waals surface area contributed by atoms with Crippen molar-refractivity contribution in [3.63, 3.8) is 0 Å². The van der Waals surface area contributed by atoms with Crippen LogP contribution in [0.25, 0.3) is 11.0 Å². The molecule has 2 aromatic heterocycles. The highest BCUT2D eigenvalue weighted by atomic mass is 16.3. The molecule has 0 aliphatic carbocycles. The Bertz CT molecular complexity index is 603. The molecule has 0 aliphatic heterocycles. The fourth-order valence-corrected chi connectivity index (χ4v) is 1.73. The number of aromatic nitrogens is 5. The fraction of sp³-hybridized carbons (Fsp3) is 0.636. The molecular weight excluding hydrogens is 234 g/mol. The highest BCUT2D eigenvalue weighted by Gasteiger charge is 2.16. The van der Waals surface area contributed by atoms with E-state index in [1.165, 1.54) is 15.6 Å². The number of aliphatic hydroxyl groups excluding tert-OH is 1. The zero-order valence-electron chi connectivity index (χ0n) is 10.7. The number of aliphatic hydroxyl groups is 1. The number of nitrogens with zero attached hydrogens (tertiary/aromatic N) is 5. The Balaban J connectivity index is 2.35. The zero-order chi connectivity index (χ0) is 13.3. The van der Waals surface area contributed by atoms with Gasteiger partial charge in [0.1, 0.15) is 5.39 Å². The molecule has 2 heterocycles. The van der Waals surface area contributed by atoms with Crippen LogP contribution >= 0.6 is 0 Å². The van der Waals surface area contributed by atoms with Crippen LogP contribution in [-0.4, -0.2) is 36.0 Å². The first-order valence-electron chi connectivity index (χ1n) is 5.98. The van der Waals surface area contributed by atoms with Gasteiger partial charge in [-0.1, -0.05) is 25.5 Å². The third-order valence-corrected chi connectivity index (χ3v) is 3.28. The highest BCUT2D eigenvalue weighted by Crippen LogP contribution is 2.09. The van der Waals surface area contributed by atoms with E-state index in [0.717, 1.165) is 6.42 Å². The van der Waals surface area contributed by atoms with Crippen LogP contribution in [0.5, 0.6) is 0 Å². The number of hydrogen-bond donors (Lipinski definition) is 1. The van der Waals surface area contributed by atoms with Gasteiger partial charge in [0, 0.05) is 7.05 Å². The van der Waals surface area contributed by atoms with Gasteiger partial charge >= 0.3 is 0 Å². The normalized spacial score (nSPS) is 14.9. The lowest BCUT2D eigenvalue weighted by Gasteiger charge is -2.16. The first-order chi connectivity index (χ1) is 8.54. The van der Waals surface area contributed by atoms with Crippen molar-refractivity contribution in [2.45, 2.75) is 32.9 Å².